The third-order valence-electron chi connectivity index (χ3n) is 2.94. The normalized spacial score (nSPS) is 13.3. The molecule has 4 N–H and O–H groups in total. The molecule has 0 fully saturated rings. The number of nitrogens with zero attached hydrogens (tertiary/aromatic N) is 2. The molecule has 20 heavy (non-hydrogen) atoms. The van der Waals surface area contributed by atoms with Gasteiger partial charge in [0, 0.05) is 6.54 Å². The summed E-state index contributed by atoms with van der Waals surface area (Å²) < 4.78 is 27.3. The molecule has 1 heterocycles. The Morgan fingerprint density at radius 2 is 2.20 bits per heavy atom. The minimum atomic E-state index is -3.62. The lowest BCUT2D eigenvalue weighted by molar-refractivity contribution is 0.559. The lowest BCUT2D eigenvalue weighted by Gasteiger charge is -2.14. The highest BCUT2D eigenvalue weighted by molar-refractivity contribution is 7.89. The summed E-state index contributed by atoms with van der Waals surface area (Å²) in [5, 5.41) is 6.34. The maximum Gasteiger partial charge on any atom is 0.241 e. The van der Waals surface area contributed by atoms with Crippen molar-refractivity contribution < 1.29 is 8.42 Å². The van der Waals surface area contributed by atoms with Crippen molar-refractivity contribution in [1.82, 2.24) is 19.9 Å². The molecular formula is C12H17N5O2S. The lowest BCUT2D eigenvalue weighted by atomic mass is 10.1. The van der Waals surface area contributed by atoms with Crippen molar-refractivity contribution in [3.63, 3.8) is 0 Å². The highest BCUT2D eigenvalue weighted by Crippen LogP contribution is 2.19. The van der Waals surface area contributed by atoms with Crippen LogP contribution < -0.4 is 10.5 Å². The summed E-state index contributed by atoms with van der Waals surface area (Å²) in [6.07, 6.45) is 1.33. The summed E-state index contributed by atoms with van der Waals surface area (Å²) in [6, 6.07) is 4.55. The maximum absolute atomic E-state index is 12.4. The van der Waals surface area contributed by atoms with Gasteiger partial charge >= 0.3 is 0 Å². The van der Waals surface area contributed by atoms with E-state index in [2.05, 4.69) is 19.9 Å². The molecule has 8 heteroatoms. The van der Waals surface area contributed by atoms with Crippen LogP contribution in [0.25, 0.3) is 0 Å². The molecule has 0 aliphatic rings. The monoisotopic (exact) mass is 295 g/mol. The Kier molecular flexibility index (Phi) is 4.17. The van der Waals surface area contributed by atoms with Gasteiger partial charge in [-0.2, -0.15) is 5.10 Å². The van der Waals surface area contributed by atoms with Crippen LogP contribution in [0.3, 0.4) is 0 Å². The SMILES string of the molecule is Cc1cc(CN)ccc1S(=O)(=O)NC(C)c1ncn[nH]1. The second-order valence-corrected chi connectivity index (χ2v) is 6.20. The number of aryl methyl sites for hydroxylation is 1. The highest BCUT2D eigenvalue weighted by atomic mass is 32.2. The van der Waals surface area contributed by atoms with Crippen molar-refractivity contribution in [1.29, 1.82) is 0 Å². The number of sulfonamides is 1. The summed E-state index contributed by atoms with van der Waals surface area (Å²) >= 11 is 0. The second kappa shape index (κ2) is 5.70. The number of aromatic nitrogens is 3. The number of aromatic amines is 1. The molecule has 1 aromatic heterocycles. The van der Waals surface area contributed by atoms with Crippen molar-refractivity contribution in [2.24, 2.45) is 5.73 Å². The second-order valence-electron chi connectivity index (χ2n) is 4.52. The molecule has 0 aliphatic carbocycles. The van der Waals surface area contributed by atoms with E-state index in [1.165, 1.54) is 6.33 Å². The average molecular weight is 295 g/mol. The Labute approximate surface area is 117 Å². The van der Waals surface area contributed by atoms with Gasteiger partial charge in [-0.1, -0.05) is 12.1 Å². The van der Waals surface area contributed by atoms with Crippen LogP contribution in [0.2, 0.25) is 0 Å². The molecule has 1 aromatic carbocycles. The van der Waals surface area contributed by atoms with E-state index in [1.54, 1.807) is 32.0 Å². The summed E-state index contributed by atoms with van der Waals surface area (Å²) in [5.41, 5.74) is 7.09. The number of nitrogens with two attached hydrogens (primary N) is 1. The molecule has 0 saturated carbocycles. The van der Waals surface area contributed by atoms with Crippen LogP contribution in [0.15, 0.2) is 29.4 Å². The number of nitrogens with one attached hydrogen (secondary N) is 2. The van der Waals surface area contributed by atoms with E-state index >= 15 is 0 Å². The smallest absolute Gasteiger partial charge is 0.241 e. The van der Waals surface area contributed by atoms with E-state index in [-0.39, 0.29) is 4.90 Å². The largest absolute Gasteiger partial charge is 0.326 e. The fourth-order valence-corrected chi connectivity index (χ4v) is 3.35. The Bertz CT molecular complexity index is 682. The van der Waals surface area contributed by atoms with Crippen LogP contribution in [-0.2, 0) is 16.6 Å². The minimum absolute atomic E-state index is 0.237. The Balaban J connectivity index is 2.27. The standard InChI is InChI=1S/C12H17N5O2S/c1-8-5-10(6-13)3-4-11(8)20(18,19)17-9(2)12-14-7-15-16-12/h3-5,7,9,17H,6,13H2,1-2H3,(H,14,15,16). The van der Waals surface area contributed by atoms with E-state index < -0.39 is 16.1 Å². The number of rotatable bonds is 5. The first-order valence-corrected chi connectivity index (χ1v) is 7.59. The fourth-order valence-electron chi connectivity index (χ4n) is 1.92. The van der Waals surface area contributed by atoms with Gasteiger partial charge in [-0.3, -0.25) is 5.10 Å². The molecule has 1 unspecified atom stereocenters. The Hall–Kier alpha value is -1.77. The van der Waals surface area contributed by atoms with Crippen LogP contribution in [0.5, 0.6) is 0 Å². The van der Waals surface area contributed by atoms with E-state index in [0.717, 1.165) is 5.56 Å². The third kappa shape index (κ3) is 3.03. The zero-order valence-corrected chi connectivity index (χ0v) is 12.1. The minimum Gasteiger partial charge on any atom is -0.326 e. The van der Waals surface area contributed by atoms with Crippen molar-refractivity contribution in [2.75, 3.05) is 0 Å². The molecule has 0 amide bonds. The van der Waals surface area contributed by atoms with Gasteiger partial charge in [0.15, 0.2) is 0 Å². The van der Waals surface area contributed by atoms with Gasteiger partial charge in [0.1, 0.15) is 12.2 Å². The molecule has 0 radical (unpaired) electrons. The van der Waals surface area contributed by atoms with Gasteiger partial charge in [-0.25, -0.2) is 18.1 Å². The van der Waals surface area contributed by atoms with Gasteiger partial charge < -0.3 is 5.73 Å². The van der Waals surface area contributed by atoms with Crippen molar-refractivity contribution in [2.45, 2.75) is 31.3 Å². The predicted octanol–water partition coefficient (Wildman–Crippen LogP) is 0.611. The van der Waals surface area contributed by atoms with Crippen LogP contribution >= 0.6 is 0 Å². The van der Waals surface area contributed by atoms with Crippen LogP contribution in [0.1, 0.15) is 29.9 Å². The summed E-state index contributed by atoms with van der Waals surface area (Å²) in [4.78, 5) is 4.17. The average Bonchev–Trinajstić information content (AvgIpc) is 2.91. The number of hydrogen-bond acceptors (Lipinski definition) is 5. The quantitative estimate of drug-likeness (QED) is 0.748. The topological polar surface area (TPSA) is 114 Å². The molecule has 2 aromatic rings. The van der Waals surface area contributed by atoms with Gasteiger partial charge in [0.2, 0.25) is 10.0 Å². The number of H-pyrrole nitrogens is 1. The van der Waals surface area contributed by atoms with Crippen LogP contribution in [0, 0.1) is 6.92 Å². The van der Waals surface area contributed by atoms with E-state index in [0.29, 0.717) is 17.9 Å². The van der Waals surface area contributed by atoms with Gasteiger partial charge in [0.05, 0.1) is 10.9 Å². The number of hydrogen-bond donors (Lipinski definition) is 3. The summed E-state index contributed by atoms with van der Waals surface area (Å²) in [6.45, 7) is 3.82. The van der Waals surface area contributed by atoms with E-state index in [9.17, 15) is 8.42 Å². The van der Waals surface area contributed by atoms with Crippen molar-refractivity contribution in [3.8, 4) is 0 Å². The molecule has 7 nitrogen and oxygen atoms in total. The molecule has 108 valence electrons. The van der Waals surface area contributed by atoms with Crippen molar-refractivity contribution >= 4 is 10.0 Å². The Morgan fingerprint density at radius 1 is 1.45 bits per heavy atom. The van der Waals surface area contributed by atoms with Crippen LogP contribution in [-0.4, -0.2) is 23.6 Å². The first-order valence-electron chi connectivity index (χ1n) is 6.11. The molecule has 2 rings (SSSR count). The molecule has 0 bridgehead atoms. The zero-order valence-electron chi connectivity index (χ0n) is 11.3. The number of benzene rings is 1. The van der Waals surface area contributed by atoms with Gasteiger partial charge in [-0.15, -0.1) is 0 Å². The van der Waals surface area contributed by atoms with Crippen molar-refractivity contribution in [3.05, 3.63) is 41.5 Å². The highest BCUT2D eigenvalue weighted by Gasteiger charge is 2.21. The first-order chi connectivity index (χ1) is 9.44. The molecule has 0 aliphatic heterocycles. The lowest BCUT2D eigenvalue weighted by Crippen LogP contribution is -2.28. The van der Waals surface area contributed by atoms with Gasteiger partial charge in [0.25, 0.3) is 0 Å². The molecule has 0 spiro atoms. The Morgan fingerprint density at radius 3 is 2.75 bits per heavy atom. The van der Waals surface area contributed by atoms with E-state index in [4.69, 9.17) is 5.73 Å². The molecule has 1 atom stereocenters. The third-order valence-corrected chi connectivity index (χ3v) is 4.64. The predicted molar refractivity (Wildman–Crippen MR) is 74.2 cm³/mol. The zero-order chi connectivity index (χ0) is 14.8. The summed E-state index contributed by atoms with van der Waals surface area (Å²) in [5.74, 6) is 0.463. The molecular weight excluding hydrogens is 278 g/mol. The van der Waals surface area contributed by atoms with E-state index in [1.807, 2.05) is 0 Å². The first kappa shape index (κ1) is 14.6. The fraction of sp³-hybridized carbons (Fsp3) is 0.333. The summed E-state index contributed by atoms with van der Waals surface area (Å²) in [7, 11) is -3.62. The maximum atomic E-state index is 12.4. The van der Waals surface area contributed by atoms with Gasteiger partial charge in [-0.05, 0) is 31.0 Å². The van der Waals surface area contributed by atoms with Crippen LogP contribution in [0.4, 0.5) is 0 Å². The molecule has 0 saturated heterocycles.